The summed E-state index contributed by atoms with van der Waals surface area (Å²) in [6.07, 6.45) is 2.16. The van der Waals surface area contributed by atoms with E-state index in [-0.39, 0.29) is 18.2 Å². The molecule has 9 heteroatoms. The lowest BCUT2D eigenvalue weighted by molar-refractivity contribution is -0.128. The quantitative estimate of drug-likeness (QED) is 0.352. The van der Waals surface area contributed by atoms with Gasteiger partial charge in [-0.25, -0.2) is 4.68 Å². The molecule has 4 rings (SSSR count). The Kier molecular flexibility index (Phi) is 7.00. The van der Waals surface area contributed by atoms with Crippen LogP contribution in [0.1, 0.15) is 56.3 Å². The summed E-state index contributed by atoms with van der Waals surface area (Å²) >= 11 is 0. The van der Waals surface area contributed by atoms with Gasteiger partial charge in [-0.05, 0) is 75.7 Å². The maximum absolute atomic E-state index is 13.9. The summed E-state index contributed by atoms with van der Waals surface area (Å²) in [7, 11) is 0. The van der Waals surface area contributed by atoms with Crippen LogP contribution in [-0.2, 0) is 16.1 Å². The molecular formula is C27H29N5O4. The highest BCUT2D eigenvalue weighted by Gasteiger charge is 2.37. The molecule has 0 aliphatic carbocycles. The van der Waals surface area contributed by atoms with E-state index >= 15 is 0 Å². The number of rotatable bonds is 9. The predicted molar refractivity (Wildman–Crippen MR) is 135 cm³/mol. The summed E-state index contributed by atoms with van der Waals surface area (Å²) in [5.74, 6) is -0.568. The molecular weight excluding hydrogens is 458 g/mol. The van der Waals surface area contributed by atoms with Gasteiger partial charge in [0.1, 0.15) is 17.8 Å². The Morgan fingerprint density at radius 3 is 2.42 bits per heavy atom. The Morgan fingerprint density at radius 1 is 1.06 bits per heavy atom. The Hall–Kier alpha value is -4.27. The second-order valence-electron chi connectivity index (χ2n) is 9.25. The van der Waals surface area contributed by atoms with E-state index in [2.05, 4.69) is 15.6 Å². The van der Waals surface area contributed by atoms with Crippen LogP contribution in [0.3, 0.4) is 0 Å². The van der Waals surface area contributed by atoms with E-state index in [0.717, 1.165) is 0 Å². The summed E-state index contributed by atoms with van der Waals surface area (Å²) in [6.45, 7) is 7.12. The van der Waals surface area contributed by atoms with Crippen molar-refractivity contribution < 1.29 is 18.8 Å². The molecule has 2 heterocycles. The van der Waals surface area contributed by atoms with Crippen molar-refractivity contribution in [3.8, 4) is 0 Å². The molecule has 186 valence electrons. The first-order valence-electron chi connectivity index (χ1n) is 11.8. The highest BCUT2D eigenvalue weighted by atomic mass is 16.3. The van der Waals surface area contributed by atoms with Gasteiger partial charge in [0.15, 0.2) is 11.8 Å². The normalized spacial score (nSPS) is 12.3. The number of carbonyl (C=O) groups excluding carboxylic acids is 3. The number of ketones is 1. The van der Waals surface area contributed by atoms with E-state index in [1.165, 1.54) is 22.8 Å². The smallest absolute Gasteiger partial charge is 0.251 e. The van der Waals surface area contributed by atoms with Gasteiger partial charge in [-0.1, -0.05) is 24.3 Å². The van der Waals surface area contributed by atoms with Crippen LogP contribution in [0.2, 0.25) is 0 Å². The first kappa shape index (κ1) is 24.8. The third-order valence-electron chi connectivity index (χ3n) is 6.19. The fraction of sp³-hybridized carbons (Fsp3) is 0.296. The fourth-order valence-corrected chi connectivity index (χ4v) is 3.84. The number of nitrogens with zero attached hydrogens (tertiary/aromatic N) is 4. The number of carbonyl (C=O) groups is 3. The van der Waals surface area contributed by atoms with E-state index in [9.17, 15) is 14.4 Å². The average Bonchev–Trinajstić information content (AvgIpc) is 3.53. The summed E-state index contributed by atoms with van der Waals surface area (Å²) < 4.78 is 7.14. The molecule has 9 nitrogen and oxygen atoms in total. The Morgan fingerprint density at radius 2 is 1.78 bits per heavy atom. The van der Waals surface area contributed by atoms with Gasteiger partial charge in [0.05, 0.1) is 11.8 Å². The van der Waals surface area contributed by atoms with Crippen LogP contribution in [0.25, 0.3) is 11.0 Å². The summed E-state index contributed by atoms with van der Waals surface area (Å²) in [6, 6.07) is 16.2. The largest absolute Gasteiger partial charge is 0.467 e. The number of fused-ring (bicyclic) bond motifs is 1. The minimum absolute atomic E-state index is 0.0986. The van der Waals surface area contributed by atoms with Crippen molar-refractivity contribution in [2.24, 2.45) is 0 Å². The van der Waals surface area contributed by atoms with Crippen molar-refractivity contribution in [1.82, 2.24) is 20.3 Å². The second kappa shape index (κ2) is 10.2. The zero-order chi connectivity index (χ0) is 25.9. The Labute approximate surface area is 209 Å². The number of furan rings is 1. The molecule has 0 spiro atoms. The molecule has 0 saturated carbocycles. The summed E-state index contributed by atoms with van der Waals surface area (Å²) in [4.78, 5) is 40.8. The van der Waals surface area contributed by atoms with Crippen LogP contribution in [0, 0.1) is 0 Å². The molecule has 4 aromatic rings. The lowest BCUT2D eigenvalue weighted by Gasteiger charge is -2.33. The maximum atomic E-state index is 13.9. The molecule has 0 fully saturated rings. The lowest BCUT2D eigenvalue weighted by Crippen LogP contribution is -2.51. The number of hydrogen-bond acceptors (Lipinski definition) is 6. The van der Waals surface area contributed by atoms with Gasteiger partial charge in [0, 0.05) is 16.8 Å². The highest BCUT2D eigenvalue weighted by molar-refractivity contribution is 6.02. The van der Waals surface area contributed by atoms with Crippen molar-refractivity contribution in [3.05, 3.63) is 78.3 Å². The lowest BCUT2D eigenvalue weighted by atomic mass is 10.0. The summed E-state index contributed by atoms with van der Waals surface area (Å²) in [5, 5.41) is 11.3. The van der Waals surface area contributed by atoms with E-state index < -0.39 is 17.5 Å². The van der Waals surface area contributed by atoms with Crippen molar-refractivity contribution in [1.29, 1.82) is 0 Å². The molecule has 1 atom stereocenters. The zero-order valence-electron chi connectivity index (χ0n) is 20.8. The molecule has 1 unspecified atom stereocenters. The van der Waals surface area contributed by atoms with Crippen LogP contribution >= 0.6 is 0 Å². The third kappa shape index (κ3) is 5.19. The monoisotopic (exact) mass is 487 g/mol. The van der Waals surface area contributed by atoms with Gasteiger partial charge < -0.3 is 9.73 Å². The number of hydrogen-bond donors (Lipinski definition) is 1. The van der Waals surface area contributed by atoms with Crippen LogP contribution in [-0.4, -0.2) is 38.1 Å². The van der Waals surface area contributed by atoms with Gasteiger partial charge >= 0.3 is 0 Å². The summed E-state index contributed by atoms with van der Waals surface area (Å²) in [5.41, 5.74) is 1.80. The Bertz CT molecular complexity index is 1370. The van der Waals surface area contributed by atoms with Crippen molar-refractivity contribution in [3.63, 3.8) is 0 Å². The van der Waals surface area contributed by atoms with Gasteiger partial charge in [-0.2, -0.15) is 0 Å². The number of anilines is 1. The fourth-order valence-electron chi connectivity index (χ4n) is 3.84. The molecule has 2 aromatic carbocycles. The zero-order valence-corrected chi connectivity index (χ0v) is 20.8. The number of nitrogens with one attached hydrogen (secondary N) is 1. The van der Waals surface area contributed by atoms with Crippen molar-refractivity contribution in [2.45, 2.75) is 52.2 Å². The number of Topliss-reactive ketones (excluding diaryl/α,β-unsaturated/α-hetero) is 1. The number of amides is 2. The van der Waals surface area contributed by atoms with E-state index in [1.807, 2.05) is 45.0 Å². The standard InChI is InChI=1S/C27H29N5O4/c1-5-27(3,4)28-26(35)25(23-11-8-16-36-23)32(20-14-12-19(13-15-20)18(2)33)24(34)17-31-22-10-7-6-9-21(22)29-30-31/h6-16,25H,5,17H2,1-4H3,(H,28,35). The number of aromatic nitrogens is 3. The van der Waals surface area contributed by atoms with E-state index in [0.29, 0.717) is 34.5 Å². The molecule has 0 saturated heterocycles. The molecule has 0 bridgehead atoms. The highest BCUT2D eigenvalue weighted by Crippen LogP contribution is 2.30. The second-order valence-corrected chi connectivity index (χ2v) is 9.25. The van der Waals surface area contributed by atoms with Crippen molar-refractivity contribution >= 4 is 34.3 Å². The van der Waals surface area contributed by atoms with Gasteiger partial charge in [-0.15, -0.1) is 5.10 Å². The van der Waals surface area contributed by atoms with Gasteiger partial charge in [-0.3, -0.25) is 19.3 Å². The van der Waals surface area contributed by atoms with E-state index in [4.69, 9.17) is 4.42 Å². The molecule has 0 aliphatic heterocycles. The minimum Gasteiger partial charge on any atom is -0.467 e. The molecule has 0 aliphatic rings. The van der Waals surface area contributed by atoms with Crippen LogP contribution in [0.4, 0.5) is 5.69 Å². The first-order valence-corrected chi connectivity index (χ1v) is 11.8. The SMILES string of the molecule is CCC(C)(C)NC(=O)C(c1ccco1)N(C(=O)Cn1nnc2ccccc21)c1ccc(C(C)=O)cc1. The molecule has 2 aromatic heterocycles. The predicted octanol–water partition coefficient (Wildman–Crippen LogP) is 4.31. The first-order chi connectivity index (χ1) is 17.2. The maximum Gasteiger partial charge on any atom is 0.251 e. The third-order valence-corrected chi connectivity index (χ3v) is 6.19. The van der Waals surface area contributed by atoms with Crippen molar-refractivity contribution in [2.75, 3.05) is 4.90 Å². The topological polar surface area (TPSA) is 110 Å². The van der Waals surface area contributed by atoms with Gasteiger partial charge in [0.25, 0.3) is 5.91 Å². The molecule has 1 N–H and O–H groups in total. The minimum atomic E-state index is -1.09. The molecule has 0 radical (unpaired) electrons. The van der Waals surface area contributed by atoms with Crippen LogP contribution in [0.15, 0.2) is 71.3 Å². The number of para-hydroxylation sites is 1. The Balaban J connectivity index is 1.79. The van der Waals surface area contributed by atoms with E-state index in [1.54, 1.807) is 36.4 Å². The number of benzene rings is 2. The molecule has 2 amide bonds. The average molecular weight is 488 g/mol. The van der Waals surface area contributed by atoms with Crippen LogP contribution < -0.4 is 10.2 Å². The molecule has 36 heavy (non-hydrogen) atoms. The van der Waals surface area contributed by atoms with Gasteiger partial charge in [0.2, 0.25) is 5.91 Å². The van der Waals surface area contributed by atoms with Crippen LogP contribution in [0.5, 0.6) is 0 Å².